The average molecular weight is 565 g/mol. The summed E-state index contributed by atoms with van der Waals surface area (Å²) in [7, 11) is -4.37. The highest BCUT2D eigenvalue weighted by Gasteiger charge is 2.49. The van der Waals surface area contributed by atoms with Gasteiger partial charge in [0.05, 0.1) is 34.2 Å². The molecule has 7 nitrogen and oxygen atoms in total. The van der Waals surface area contributed by atoms with Gasteiger partial charge >= 0.3 is 6.18 Å². The number of thiazole rings is 1. The van der Waals surface area contributed by atoms with Crippen molar-refractivity contribution in [3.63, 3.8) is 0 Å². The van der Waals surface area contributed by atoms with Crippen LogP contribution < -0.4 is 5.32 Å². The van der Waals surface area contributed by atoms with E-state index >= 15 is 0 Å². The summed E-state index contributed by atoms with van der Waals surface area (Å²) in [5.74, 6) is -2.44. The van der Waals surface area contributed by atoms with E-state index in [0.29, 0.717) is 0 Å². The van der Waals surface area contributed by atoms with Crippen molar-refractivity contribution in [1.82, 2.24) is 19.6 Å². The Bertz CT molecular complexity index is 1410. The summed E-state index contributed by atoms with van der Waals surface area (Å²) in [5, 5.41) is 1.26. The van der Waals surface area contributed by atoms with Gasteiger partial charge in [-0.05, 0) is 37.3 Å². The van der Waals surface area contributed by atoms with Crippen LogP contribution in [0, 0.1) is 11.6 Å². The number of hydrogen-bond acceptors (Lipinski definition) is 6. The van der Waals surface area contributed by atoms with Crippen molar-refractivity contribution < 1.29 is 39.6 Å². The molecule has 1 aromatic carbocycles. The van der Waals surface area contributed by atoms with Gasteiger partial charge in [-0.15, -0.1) is 11.3 Å². The van der Waals surface area contributed by atoms with Crippen LogP contribution in [-0.4, -0.2) is 46.9 Å². The number of aromatic nitrogens is 2. The van der Waals surface area contributed by atoms with Gasteiger partial charge in [0.2, 0.25) is 15.9 Å². The molecule has 1 fully saturated rings. The Balaban J connectivity index is 1.53. The van der Waals surface area contributed by atoms with Crippen molar-refractivity contribution in [3.05, 3.63) is 65.1 Å². The molecular weight excluding hydrogens is 546 g/mol. The smallest absolute Gasteiger partial charge is 0.349 e. The second-order valence-electron chi connectivity index (χ2n) is 8.20. The van der Waals surface area contributed by atoms with Gasteiger partial charge in [-0.1, -0.05) is 0 Å². The number of nitrogens with one attached hydrogen (secondary N) is 1. The van der Waals surface area contributed by atoms with Gasteiger partial charge in [0.1, 0.15) is 23.8 Å². The van der Waals surface area contributed by atoms with E-state index in [1.165, 1.54) is 6.92 Å². The third-order valence-corrected chi connectivity index (χ3v) is 8.83. The Kier molecular flexibility index (Phi) is 7.32. The number of rotatable bonds is 6. The molecule has 0 unspecified atom stereocenters. The van der Waals surface area contributed by atoms with Crippen molar-refractivity contribution in [2.24, 2.45) is 0 Å². The second kappa shape index (κ2) is 10.0. The van der Waals surface area contributed by atoms with E-state index in [9.17, 15) is 39.6 Å². The summed E-state index contributed by atoms with van der Waals surface area (Å²) >= 11 is 0.233. The Hall–Kier alpha value is -3.04. The third-order valence-electron chi connectivity index (χ3n) is 5.74. The van der Waals surface area contributed by atoms with Crippen molar-refractivity contribution >= 4 is 27.3 Å². The molecule has 1 N–H and O–H groups in total. The lowest BCUT2D eigenvalue weighted by Crippen LogP contribution is -2.48. The monoisotopic (exact) mass is 564 g/mol. The standard InChI is InChI=1S/C22H18F6N4O3S2/c1-11-16(24)7-18(32(11)37(34,35)14-4-2-12(23)3-5-14)20(33)30-8-13-6-15(17(25)9-29-13)19-10-31-21(36-19)22(26,27)28/h2-6,9-11,16,18H,7-8H2,1H3,(H,30,33)/t11-,16+,18-/m0/s1. The molecule has 0 radical (unpaired) electrons. The number of nitrogens with zero attached hydrogens (tertiary/aromatic N) is 3. The number of benzene rings is 1. The minimum absolute atomic E-state index is 0.0579. The topological polar surface area (TPSA) is 92.3 Å². The van der Waals surface area contributed by atoms with E-state index in [0.717, 1.165) is 47.0 Å². The number of pyridine rings is 1. The Morgan fingerprint density at radius 2 is 1.84 bits per heavy atom. The maximum absolute atomic E-state index is 14.5. The van der Waals surface area contributed by atoms with E-state index in [4.69, 9.17) is 0 Å². The van der Waals surface area contributed by atoms with Crippen LogP contribution in [0.5, 0.6) is 0 Å². The Labute approximate surface area is 211 Å². The molecule has 198 valence electrons. The largest absolute Gasteiger partial charge is 0.443 e. The molecule has 37 heavy (non-hydrogen) atoms. The summed E-state index contributed by atoms with van der Waals surface area (Å²) in [4.78, 5) is 19.5. The van der Waals surface area contributed by atoms with Crippen LogP contribution in [0.1, 0.15) is 24.0 Å². The van der Waals surface area contributed by atoms with E-state index in [1.807, 2.05) is 0 Å². The van der Waals surface area contributed by atoms with Gasteiger partial charge < -0.3 is 5.32 Å². The maximum atomic E-state index is 14.5. The highest BCUT2D eigenvalue weighted by Crippen LogP contribution is 2.37. The van der Waals surface area contributed by atoms with Gasteiger partial charge in [-0.25, -0.2) is 26.6 Å². The Morgan fingerprint density at radius 1 is 1.16 bits per heavy atom. The first-order valence-corrected chi connectivity index (χ1v) is 12.9. The first-order valence-electron chi connectivity index (χ1n) is 10.7. The van der Waals surface area contributed by atoms with Gasteiger partial charge in [-0.2, -0.15) is 17.5 Å². The summed E-state index contributed by atoms with van der Waals surface area (Å²) in [6.07, 6.45) is -5.15. The molecule has 3 atom stereocenters. The summed E-state index contributed by atoms with van der Waals surface area (Å²) in [5.41, 5.74) is -0.159. The second-order valence-corrected chi connectivity index (χ2v) is 11.1. The number of hydrogen-bond donors (Lipinski definition) is 1. The molecule has 0 aliphatic carbocycles. The molecular formula is C22H18F6N4O3S2. The first-order chi connectivity index (χ1) is 17.3. The van der Waals surface area contributed by atoms with Crippen LogP contribution in [0.3, 0.4) is 0 Å². The van der Waals surface area contributed by atoms with E-state index in [-0.39, 0.29) is 38.9 Å². The minimum atomic E-state index is -4.70. The van der Waals surface area contributed by atoms with Crippen molar-refractivity contribution in [1.29, 1.82) is 0 Å². The number of alkyl halides is 4. The summed E-state index contributed by atoms with van der Waals surface area (Å²) in [6, 6.07) is 2.37. The normalized spacial score (nSPS) is 20.8. The predicted octanol–water partition coefficient (Wildman–Crippen LogP) is 4.31. The first kappa shape index (κ1) is 27.0. The minimum Gasteiger partial charge on any atom is -0.349 e. The highest BCUT2D eigenvalue weighted by atomic mass is 32.2. The molecule has 0 spiro atoms. The Morgan fingerprint density at radius 3 is 2.46 bits per heavy atom. The summed E-state index contributed by atoms with van der Waals surface area (Å²) < 4.78 is 108. The average Bonchev–Trinajstić information content (AvgIpc) is 3.44. The van der Waals surface area contributed by atoms with Crippen molar-refractivity contribution in [3.8, 4) is 10.4 Å². The van der Waals surface area contributed by atoms with Crippen LogP contribution in [-0.2, 0) is 27.5 Å². The lowest BCUT2D eigenvalue weighted by Gasteiger charge is -2.26. The molecule has 4 rings (SSSR count). The molecule has 1 aliphatic rings. The van der Waals surface area contributed by atoms with E-state index < -0.39 is 63.4 Å². The van der Waals surface area contributed by atoms with Gasteiger partial charge in [-0.3, -0.25) is 9.78 Å². The zero-order valence-electron chi connectivity index (χ0n) is 18.8. The zero-order valence-corrected chi connectivity index (χ0v) is 20.5. The highest BCUT2D eigenvalue weighted by molar-refractivity contribution is 7.89. The quantitative estimate of drug-likeness (QED) is 0.451. The fourth-order valence-corrected chi connectivity index (χ4v) is 6.50. The third kappa shape index (κ3) is 5.48. The van der Waals surface area contributed by atoms with Gasteiger partial charge in [0.25, 0.3) is 0 Å². The fraction of sp³-hybridized carbons (Fsp3) is 0.318. The van der Waals surface area contributed by atoms with Crippen molar-refractivity contribution in [2.75, 3.05) is 0 Å². The number of carbonyl (C=O) groups is 1. The van der Waals surface area contributed by atoms with Gasteiger partial charge in [0.15, 0.2) is 5.01 Å². The van der Waals surface area contributed by atoms with Crippen LogP contribution in [0.25, 0.3) is 10.4 Å². The van der Waals surface area contributed by atoms with Crippen molar-refractivity contribution in [2.45, 2.75) is 49.2 Å². The zero-order chi connectivity index (χ0) is 27.1. The SMILES string of the molecule is C[C@H]1[C@H](F)C[C@@H](C(=O)NCc2cc(-c3cnc(C(F)(F)F)s3)c(F)cn2)N1S(=O)(=O)c1ccc(F)cc1. The molecule has 2 aromatic heterocycles. The molecule has 1 amide bonds. The molecule has 3 heterocycles. The van der Waals surface area contributed by atoms with Crippen LogP contribution in [0.2, 0.25) is 0 Å². The fourth-order valence-electron chi connectivity index (χ4n) is 3.89. The molecule has 1 saturated heterocycles. The van der Waals surface area contributed by atoms with E-state index in [1.54, 1.807) is 0 Å². The van der Waals surface area contributed by atoms with Gasteiger partial charge in [0, 0.05) is 18.2 Å². The van der Waals surface area contributed by atoms with Crippen LogP contribution in [0.15, 0.2) is 47.6 Å². The molecule has 0 bridgehead atoms. The summed E-state index contributed by atoms with van der Waals surface area (Å²) in [6.45, 7) is 0.959. The van der Waals surface area contributed by atoms with Crippen LogP contribution >= 0.6 is 11.3 Å². The van der Waals surface area contributed by atoms with E-state index in [2.05, 4.69) is 15.3 Å². The van der Waals surface area contributed by atoms with Crippen LogP contribution in [0.4, 0.5) is 26.3 Å². The maximum Gasteiger partial charge on any atom is 0.443 e. The number of sulfonamides is 1. The molecule has 1 aliphatic heterocycles. The number of halogens is 6. The lowest BCUT2D eigenvalue weighted by molar-refractivity contribution is -0.137. The molecule has 0 saturated carbocycles. The molecule has 3 aromatic rings. The number of amides is 1. The molecule has 15 heteroatoms. The lowest BCUT2D eigenvalue weighted by atomic mass is 10.1. The predicted molar refractivity (Wildman–Crippen MR) is 120 cm³/mol. The number of carbonyl (C=O) groups excluding carboxylic acids is 1.